The highest BCUT2D eigenvalue weighted by molar-refractivity contribution is 5.82. The molecule has 1 rings (SSSR count). The van der Waals surface area contributed by atoms with Crippen LogP contribution < -0.4 is 0 Å². The number of allylic oxidation sites excluding steroid dienone is 5. The molecule has 0 aliphatic heterocycles. The molecule has 3 nitrogen and oxygen atoms in total. The summed E-state index contributed by atoms with van der Waals surface area (Å²) in [7, 11) is 2.88. The summed E-state index contributed by atoms with van der Waals surface area (Å²) in [6.45, 7) is 0. The van der Waals surface area contributed by atoms with Gasteiger partial charge in [-0.15, -0.1) is 0 Å². The summed E-state index contributed by atoms with van der Waals surface area (Å²) in [5, 5.41) is 0. The number of carbonyl (C=O) groups is 1. The second kappa shape index (κ2) is 8.19. The highest BCUT2D eigenvalue weighted by Gasteiger charge is 2.06. The van der Waals surface area contributed by atoms with Crippen molar-refractivity contribution in [1.29, 1.82) is 0 Å². The minimum absolute atomic E-state index is 0.372. The Bertz CT molecular complexity index is 430. The van der Waals surface area contributed by atoms with Crippen molar-refractivity contribution in [2.45, 2.75) is 25.7 Å². The van der Waals surface area contributed by atoms with Crippen molar-refractivity contribution in [1.82, 2.24) is 0 Å². The van der Waals surface area contributed by atoms with Crippen LogP contribution in [0.3, 0.4) is 0 Å². The molecule has 0 aromatic heterocycles. The monoisotopic (exact) mass is 246 g/mol. The summed E-state index contributed by atoms with van der Waals surface area (Å²) in [4.78, 5) is 11.0. The molecular formula is C15H18O3. The number of methoxy groups -OCH3 is 2. The lowest BCUT2D eigenvalue weighted by molar-refractivity contribution is -0.134. The van der Waals surface area contributed by atoms with E-state index >= 15 is 0 Å². The summed E-state index contributed by atoms with van der Waals surface area (Å²) < 4.78 is 9.30. The second-order valence-corrected chi connectivity index (χ2v) is 3.87. The number of rotatable bonds is 3. The topological polar surface area (TPSA) is 35.5 Å². The van der Waals surface area contributed by atoms with E-state index in [1.807, 2.05) is 6.08 Å². The Hall–Kier alpha value is -1.95. The van der Waals surface area contributed by atoms with Crippen LogP contribution >= 0.6 is 0 Å². The average molecular weight is 246 g/mol. The van der Waals surface area contributed by atoms with Crippen LogP contribution in [0, 0.1) is 12.0 Å². The van der Waals surface area contributed by atoms with Crippen molar-refractivity contribution in [2.24, 2.45) is 0 Å². The largest absolute Gasteiger partial charge is 0.466 e. The van der Waals surface area contributed by atoms with Gasteiger partial charge in [0.25, 0.3) is 0 Å². The summed E-state index contributed by atoms with van der Waals surface area (Å²) >= 11 is 0. The Kier molecular flexibility index (Phi) is 6.42. The number of hydrogen-bond acceptors (Lipinski definition) is 3. The maximum Gasteiger partial charge on any atom is 0.330 e. The van der Waals surface area contributed by atoms with E-state index in [0.29, 0.717) is 0 Å². The molecule has 0 bridgehead atoms. The minimum Gasteiger partial charge on any atom is -0.466 e. The fourth-order valence-electron chi connectivity index (χ4n) is 1.71. The maximum absolute atomic E-state index is 11.0. The first-order valence-corrected chi connectivity index (χ1v) is 5.97. The van der Waals surface area contributed by atoms with Crippen LogP contribution in [0.5, 0.6) is 0 Å². The van der Waals surface area contributed by atoms with E-state index in [1.54, 1.807) is 6.08 Å². The van der Waals surface area contributed by atoms with Gasteiger partial charge in [0, 0.05) is 11.6 Å². The van der Waals surface area contributed by atoms with Gasteiger partial charge in [-0.2, -0.15) is 0 Å². The highest BCUT2D eigenvalue weighted by Crippen LogP contribution is 2.23. The summed E-state index contributed by atoms with van der Waals surface area (Å²) in [6, 6.07) is 0. The van der Waals surface area contributed by atoms with Gasteiger partial charge in [0.1, 0.15) is 6.11 Å². The van der Waals surface area contributed by atoms with E-state index in [-0.39, 0.29) is 5.97 Å². The first-order chi connectivity index (χ1) is 8.77. The zero-order chi connectivity index (χ0) is 13.2. The molecule has 0 fully saturated rings. The van der Waals surface area contributed by atoms with E-state index in [0.717, 1.165) is 18.4 Å². The first kappa shape index (κ1) is 14.1. The Morgan fingerprint density at radius 3 is 2.83 bits per heavy atom. The number of esters is 1. The fourth-order valence-corrected chi connectivity index (χ4v) is 1.71. The lowest BCUT2D eigenvalue weighted by atomic mass is 9.93. The molecule has 1 aliphatic carbocycles. The zero-order valence-electron chi connectivity index (χ0n) is 10.9. The first-order valence-electron chi connectivity index (χ1n) is 5.97. The molecule has 0 saturated carbocycles. The van der Waals surface area contributed by atoms with Crippen LogP contribution in [-0.2, 0) is 14.3 Å². The van der Waals surface area contributed by atoms with Gasteiger partial charge in [0.2, 0.25) is 0 Å². The molecule has 0 aromatic rings. The van der Waals surface area contributed by atoms with Gasteiger partial charge in [-0.05, 0) is 43.3 Å². The SMILES string of the molecule is COC#C/C(=C/C=C/C(=O)OC)C1=CCCCC1. The Morgan fingerprint density at radius 1 is 1.39 bits per heavy atom. The van der Waals surface area contributed by atoms with E-state index in [9.17, 15) is 4.79 Å². The zero-order valence-corrected chi connectivity index (χ0v) is 10.9. The molecule has 0 N–H and O–H groups in total. The molecule has 96 valence electrons. The van der Waals surface area contributed by atoms with Crippen LogP contribution in [-0.4, -0.2) is 20.2 Å². The average Bonchev–Trinajstić information content (AvgIpc) is 2.43. The van der Waals surface area contributed by atoms with Crippen molar-refractivity contribution in [2.75, 3.05) is 14.2 Å². The molecule has 18 heavy (non-hydrogen) atoms. The van der Waals surface area contributed by atoms with Crippen LogP contribution in [0.25, 0.3) is 0 Å². The smallest absolute Gasteiger partial charge is 0.330 e. The number of ether oxygens (including phenoxy) is 2. The minimum atomic E-state index is -0.372. The van der Waals surface area contributed by atoms with E-state index in [4.69, 9.17) is 4.74 Å². The third kappa shape index (κ3) is 4.92. The summed E-state index contributed by atoms with van der Waals surface area (Å²) in [6.07, 6.45) is 14.2. The van der Waals surface area contributed by atoms with Crippen LogP contribution in [0.4, 0.5) is 0 Å². The van der Waals surface area contributed by atoms with E-state index < -0.39 is 0 Å². The van der Waals surface area contributed by atoms with Gasteiger partial charge in [-0.3, -0.25) is 0 Å². The molecule has 3 heteroatoms. The van der Waals surface area contributed by atoms with Crippen LogP contribution in [0.15, 0.2) is 35.5 Å². The van der Waals surface area contributed by atoms with Crippen molar-refractivity contribution in [3.63, 3.8) is 0 Å². The van der Waals surface area contributed by atoms with Crippen molar-refractivity contribution < 1.29 is 14.3 Å². The van der Waals surface area contributed by atoms with Crippen molar-refractivity contribution in [3.05, 3.63) is 35.5 Å². The standard InChI is InChI=1S/C15H18O3/c1-17-12-11-14(9-6-10-15(16)18-2)13-7-4-3-5-8-13/h6-7,9-10H,3-5,8H2,1-2H3/b10-6+,14-9-. The summed E-state index contributed by atoms with van der Waals surface area (Å²) in [5.41, 5.74) is 2.12. The van der Waals surface area contributed by atoms with Gasteiger partial charge in [0.05, 0.1) is 14.2 Å². The van der Waals surface area contributed by atoms with Crippen LogP contribution in [0.1, 0.15) is 25.7 Å². The van der Waals surface area contributed by atoms with Crippen molar-refractivity contribution >= 4 is 5.97 Å². The molecule has 0 heterocycles. The van der Waals surface area contributed by atoms with Gasteiger partial charge < -0.3 is 9.47 Å². The normalized spacial score (nSPS) is 15.7. The van der Waals surface area contributed by atoms with Crippen molar-refractivity contribution in [3.8, 4) is 12.0 Å². The molecular weight excluding hydrogens is 228 g/mol. The Balaban J connectivity index is 2.84. The van der Waals surface area contributed by atoms with Gasteiger partial charge >= 0.3 is 5.97 Å². The predicted octanol–water partition coefficient (Wildman–Crippen LogP) is 2.75. The molecule has 0 radical (unpaired) electrons. The second-order valence-electron chi connectivity index (χ2n) is 3.87. The molecule has 0 saturated heterocycles. The molecule has 0 amide bonds. The molecule has 0 unspecified atom stereocenters. The quantitative estimate of drug-likeness (QED) is 0.332. The van der Waals surface area contributed by atoms with E-state index in [1.165, 1.54) is 38.7 Å². The van der Waals surface area contributed by atoms with E-state index in [2.05, 4.69) is 22.8 Å². The fraction of sp³-hybridized carbons (Fsp3) is 0.400. The Morgan fingerprint density at radius 2 is 2.22 bits per heavy atom. The van der Waals surface area contributed by atoms with Gasteiger partial charge in [-0.1, -0.05) is 12.2 Å². The maximum atomic E-state index is 11.0. The predicted molar refractivity (Wildman–Crippen MR) is 70.6 cm³/mol. The summed E-state index contributed by atoms with van der Waals surface area (Å²) in [5.74, 6) is 2.58. The van der Waals surface area contributed by atoms with Crippen LogP contribution in [0.2, 0.25) is 0 Å². The third-order valence-corrected chi connectivity index (χ3v) is 2.62. The van der Waals surface area contributed by atoms with Gasteiger partial charge in [0.15, 0.2) is 0 Å². The number of carbonyl (C=O) groups excluding carboxylic acids is 1. The number of hydrogen-bond donors (Lipinski definition) is 0. The molecule has 1 aliphatic rings. The molecule has 0 aromatic carbocycles. The lowest BCUT2D eigenvalue weighted by Gasteiger charge is -2.11. The lowest BCUT2D eigenvalue weighted by Crippen LogP contribution is -1.95. The molecule has 0 atom stereocenters. The third-order valence-electron chi connectivity index (χ3n) is 2.62. The molecule has 0 spiro atoms. The van der Waals surface area contributed by atoms with Gasteiger partial charge in [-0.25, -0.2) is 4.79 Å². The Labute approximate surface area is 108 Å². The highest BCUT2D eigenvalue weighted by atomic mass is 16.5.